The summed E-state index contributed by atoms with van der Waals surface area (Å²) in [6.45, 7) is 3.24. The molecule has 3 rings (SSSR count). The molecule has 0 aliphatic carbocycles. The van der Waals surface area contributed by atoms with E-state index in [1.165, 1.54) is 16.4 Å². The fraction of sp³-hybridized carbons (Fsp3) is 0.316. The van der Waals surface area contributed by atoms with Crippen LogP contribution in [0.25, 0.3) is 0 Å². The summed E-state index contributed by atoms with van der Waals surface area (Å²) < 4.78 is 27.4. The number of nitrogens with one attached hydrogen (secondary N) is 2. The van der Waals surface area contributed by atoms with Crippen molar-refractivity contribution < 1.29 is 13.2 Å². The van der Waals surface area contributed by atoms with Gasteiger partial charge in [-0.3, -0.25) is 4.79 Å². The van der Waals surface area contributed by atoms with Crippen molar-refractivity contribution in [3.63, 3.8) is 0 Å². The van der Waals surface area contributed by atoms with Crippen LogP contribution < -0.4 is 10.6 Å². The van der Waals surface area contributed by atoms with Crippen LogP contribution >= 0.6 is 15.9 Å². The van der Waals surface area contributed by atoms with Crippen LogP contribution in [0.3, 0.4) is 0 Å². The molecule has 1 amide bonds. The normalized spacial score (nSPS) is 14.9. The molecule has 27 heavy (non-hydrogen) atoms. The highest BCUT2D eigenvalue weighted by atomic mass is 79.9. The maximum absolute atomic E-state index is 12.5. The number of carbonyl (C=O) groups is 1. The van der Waals surface area contributed by atoms with Gasteiger partial charge in [0.15, 0.2) is 0 Å². The largest absolute Gasteiger partial charge is 0.375 e. The molecule has 144 valence electrons. The van der Waals surface area contributed by atoms with Crippen LogP contribution in [0.15, 0.2) is 51.8 Å². The Morgan fingerprint density at radius 1 is 1.11 bits per heavy atom. The molecular weight excluding hydrogens is 430 g/mol. The number of sulfonamides is 1. The molecule has 1 saturated heterocycles. The van der Waals surface area contributed by atoms with Gasteiger partial charge in [-0.25, -0.2) is 8.42 Å². The first kappa shape index (κ1) is 19.9. The van der Waals surface area contributed by atoms with Crippen molar-refractivity contribution in [2.75, 3.05) is 30.3 Å². The zero-order chi connectivity index (χ0) is 19.4. The third-order valence-corrected chi connectivity index (χ3v) is 6.97. The monoisotopic (exact) mass is 451 g/mol. The van der Waals surface area contributed by atoms with Crippen LogP contribution in [-0.4, -0.2) is 38.3 Å². The van der Waals surface area contributed by atoms with E-state index >= 15 is 0 Å². The zero-order valence-electron chi connectivity index (χ0n) is 15.0. The molecule has 1 heterocycles. The number of benzene rings is 2. The van der Waals surface area contributed by atoms with Gasteiger partial charge in [0.25, 0.3) is 0 Å². The lowest BCUT2D eigenvalue weighted by Crippen LogP contribution is -2.27. The lowest BCUT2D eigenvalue weighted by atomic mass is 10.2. The fourth-order valence-corrected chi connectivity index (χ4v) is 5.08. The second-order valence-corrected chi connectivity index (χ2v) is 9.31. The van der Waals surface area contributed by atoms with E-state index in [0.717, 1.165) is 28.6 Å². The van der Waals surface area contributed by atoms with Gasteiger partial charge in [-0.2, -0.15) is 4.31 Å². The standard InChI is InChI=1S/C19H22BrN3O3S/c1-14-4-9-18(17(20)12-14)21-13-19(24)22-15-5-7-16(8-6-15)27(25,26)23-10-2-3-11-23/h4-9,12,21H,2-3,10-11,13H2,1H3,(H,22,24). The Hall–Kier alpha value is -1.90. The van der Waals surface area contributed by atoms with Crippen molar-refractivity contribution in [3.8, 4) is 0 Å². The van der Waals surface area contributed by atoms with Crippen molar-refractivity contribution in [2.24, 2.45) is 0 Å². The number of anilines is 2. The van der Waals surface area contributed by atoms with Crippen LogP contribution in [0.4, 0.5) is 11.4 Å². The molecule has 0 saturated carbocycles. The lowest BCUT2D eigenvalue weighted by molar-refractivity contribution is -0.114. The van der Waals surface area contributed by atoms with Crippen molar-refractivity contribution in [1.29, 1.82) is 0 Å². The van der Waals surface area contributed by atoms with E-state index in [1.54, 1.807) is 12.1 Å². The summed E-state index contributed by atoms with van der Waals surface area (Å²) >= 11 is 3.46. The molecule has 0 unspecified atom stereocenters. The van der Waals surface area contributed by atoms with Crippen molar-refractivity contribution >= 4 is 43.2 Å². The molecule has 0 bridgehead atoms. The number of hydrogen-bond acceptors (Lipinski definition) is 4. The summed E-state index contributed by atoms with van der Waals surface area (Å²) in [4.78, 5) is 12.4. The Kier molecular flexibility index (Phi) is 6.18. The summed E-state index contributed by atoms with van der Waals surface area (Å²) in [5.41, 5.74) is 2.52. The van der Waals surface area contributed by atoms with E-state index < -0.39 is 10.0 Å². The molecule has 0 atom stereocenters. The predicted octanol–water partition coefficient (Wildman–Crippen LogP) is 3.59. The number of rotatable bonds is 6. The minimum atomic E-state index is -3.44. The molecule has 1 aliphatic heterocycles. The smallest absolute Gasteiger partial charge is 0.243 e. The number of amides is 1. The van der Waals surface area contributed by atoms with Crippen LogP contribution in [0.2, 0.25) is 0 Å². The molecule has 0 spiro atoms. The molecule has 6 nitrogen and oxygen atoms in total. The Morgan fingerprint density at radius 2 is 1.78 bits per heavy atom. The van der Waals surface area contributed by atoms with Gasteiger partial charge in [-0.05, 0) is 77.7 Å². The molecular formula is C19H22BrN3O3S. The number of carbonyl (C=O) groups excluding carboxylic acids is 1. The van der Waals surface area contributed by atoms with Crippen LogP contribution in [0.1, 0.15) is 18.4 Å². The Morgan fingerprint density at radius 3 is 2.41 bits per heavy atom. The summed E-state index contributed by atoms with van der Waals surface area (Å²) in [6.07, 6.45) is 1.80. The lowest BCUT2D eigenvalue weighted by Gasteiger charge is -2.15. The van der Waals surface area contributed by atoms with Gasteiger partial charge in [0.2, 0.25) is 15.9 Å². The quantitative estimate of drug-likeness (QED) is 0.702. The number of hydrogen-bond donors (Lipinski definition) is 2. The van der Waals surface area contributed by atoms with E-state index in [2.05, 4.69) is 26.6 Å². The average molecular weight is 452 g/mol. The fourth-order valence-electron chi connectivity index (χ4n) is 2.93. The number of halogens is 1. The second kappa shape index (κ2) is 8.41. The summed E-state index contributed by atoms with van der Waals surface area (Å²) in [6, 6.07) is 12.1. The van der Waals surface area contributed by atoms with E-state index in [1.807, 2.05) is 25.1 Å². The first-order chi connectivity index (χ1) is 12.9. The summed E-state index contributed by atoms with van der Waals surface area (Å²) in [5.74, 6) is -0.211. The van der Waals surface area contributed by atoms with Gasteiger partial charge in [-0.15, -0.1) is 0 Å². The predicted molar refractivity (Wildman–Crippen MR) is 110 cm³/mol. The second-order valence-electron chi connectivity index (χ2n) is 6.52. The van der Waals surface area contributed by atoms with Gasteiger partial charge in [0, 0.05) is 28.9 Å². The van der Waals surface area contributed by atoms with Gasteiger partial charge >= 0.3 is 0 Å². The van der Waals surface area contributed by atoms with E-state index in [-0.39, 0.29) is 17.3 Å². The Bertz CT molecular complexity index is 924. The SMILES string of the molecule is Cc1ccc(NCC(=O)Nc2ccc(S(=O)(=O)N3CCCC3)cc2)c(Br)c1. The van der Waals surface area contributed by atoms with Gasteiger partial charge in [0.05, 0.1) is 11.4 Å². The first-order valence-corrected chi connectivity index (χ1v) is 11.0. The highest BCUT2D eigenvalue weighted by molar-refractivity contribution is 9.10. The van der Waals surface area contributed by atoms with E-state index in [0.29, 0.717) is 18.8 Å². The Balaban J connectivity index is 1.58. The van der Waals surface area contributed by atoms with Crippen molar-refractivity contribution in [3.05, 3.63) is 52.5 Å². The maximum atomic E-state index is 12.5. The molecule has 2 aromatic carbocycles. The molecule has 2 aromatic rings. The highest BCUT2D eigenvalue weighted by Crippen LogP contribution is 2.24. The van der Waals surface area contributed by atoms with Gasteiger partial charge < -0.3 is 10.6 Å². The highest BCUT2D eigenvalue weighted by Gasteiger charge is 2.26. The third kappa shape index (κ3) is 4.88. The summed E-state index contributed by atoms with van der Waals surface area (Å²) in [5, 5.41) is 5.84. The van der Waals surface area contributed by atoms with Gasteiger partial charge in [0.1, 0.15) is 0 Å². The molecule has 2 N–H and O–H groups in total. The number of nitrogens with zero attached hydrogens (tertiary/aromatic N) is 1. The molecule has 0 radical (unpaired) electrons. The molecule has 0 aromatic heterocycles. The average Bonchev–Trinajstić information content (AvgIpc) is 3.17. The summed E-state index contributed by atoms with van der Waals surface area (Å²) in [7, 11) is -3.44. The van der Waals surface area contributed by atoms with Crippen LogP contribution in [0, 0.1) is 6.92 Å². The minimum absolute atomic E-state index is 0.107. The maximum Gasteiger partial charge on any atom is 0.243 e. The zero-order valence-corrected chi connectivity index (χ0v) is 17.4. The molecule has 8 heteroatoms. The first-order valence-electron chi connectivity index (χ1n) is 8.76. The van der Waals surface area contributed by atoms with E-state index in [9.17, 15) is 13.2 Å². The molecule has 1 aliphatic rings. The van der Waals surface area contributed by atoms with Gasteiger partial charge in [-0.1, -0.05) is 6.07 Å². The number of aryl methyl sites for hydroxylation is 1. The van der Waals surface area contributed by atoms with Crippen LogP contribution in [-0.2, 0) is 14.8 Å². The minimum Gasteiger partial charge on any atom is -0.375 e. The Labute approximate surface area is 168 Å². The molecule has 1 fully saturated rings. The van der Waals surface area contributed by atoms with Crippen LogP contribution in [0.5, 0.6) is 0 Å². The van der Waals surface area contributed by atoms with Crippen molar-refractivity contribution in [1.82, 2.24) is 4.31 Å². The topological polar surface area (TPSA) is 78.5 Å². The van der Waals surface area contributed by atoms with Crippen molar-refractivity contribution in [2.45, 2.75) is 24.7 Å². The van der Waals surface area contributed by atoms with E-state index in [4.69, 9.17) is 0 Å². The third-order valence-electron chi connectivity index (χ3n) is 4.40.